The molecule has 0 aromatic carbocycles. The highest BCUT2D eigenvalue weighted by atomic mass is 127. The second kappa shape index (κ2) is 100. The lowest BCUT2D eigenvalue weighted by Gasteiger charge is -2.23. The average molecular weight is 2260 g/mol. The van der Waals surface area contributed by atoms with Crippen LogP contribution >= 0.6 is 0 Å². The van der Waals surface area contributed by atoms with E-state index >= 15 is 0 Å². The number of unbranched alkanes of at least 4 members (excludes halogenated alkanes) is 42. The molecule has 0 atom stereocenters. The first-order valence-corrected chi connectivity index (χ1v) is 76.4. The fourth-order valence-corrected chi connectivity index (χ4v) is 23.4. The summed E-state index contributed by atoms with van der Waals surface area (Å²) in [5.41, 5.74) is 0. The van der Waals surface area contributed by atoms with Crippen LogP contribution in [0.2, 0.25) is 115 Å². The monoisotopic (exact) mass is 2260 g/mol. The Bertz CT molecular complexity index is 3010. The molecule has 850 valence electrons. The lowest BCUT2D eigenvalue weighted by molar-refractivity contribution is -0.870. The first kappa shape index (κ1) is 152. The van der Waals surface area contributed by atoms with E-state index in [4.69, 9.17) is 41.0 Å². The van der Waals surface area contributed by atoms with Crippen molar-refractivity contribution in [3.05, 3.63) is 0 Å². The summed E-state index contributed by atoms with van der Waals surface area (Å²) in [4.78, 5) is 90.6. The molecule has 0 aliphatic heterocycles. The molecule has 142 heavy (non-hydrogen) atoms. The Morgan fingerprint density at radius 1 is 0.261 bits per heavy atom. The van der Waals surface area contributed by atoms with Crippen LogP contribution in [0, 0.1) is 0 Å². The van der Waals surface area contributed by atoms with Crippen molar-refractivity contribution in [3.8, 4) is 0 Å². The largest absolute Gasteiger partial charge is 1.00 e. The fourth-order valence-electron chi connectivity index (χ4n) is 15.2. The van der Waals surface area contributed by atoms with Gasteiger partial charge in [-0.15, -0.1) is 0 Å². The molecule has 35 heteroatoms. The van der Waals surface area contributed by atoms with E-state index in [9.17, 15) is 46.8 Å². The van der Waals surface area contributed by atoms with Crippen LogP contribution in [0.4, 0.5) is 0 Å². The van der Waals surface area contributed by atoms with Gasteiger partial charge in [0.05, 0.1) is 67.7 Å². The molecule has 0 spiro atoms. The summed E-state index contributed by atoms with van der Waals surface area (Å²) in [6.07, 6.45) is 65.3. The number of aliphatic carboxylic acids is 1. The highest BCUT2D eigenvalue weighted by Gasteiger charge is 2.25. The number of nitrogens with zero attached hydrogens (tertiary/aromatic N) is 2. The van der Waals surface area contributed by atoms with Gasteiger partial charge in [-0.1, -0.05) is 277 Å². The molecule has 0 saturated carbocycles. The normalized spacial score (nSPS) is 11.9. The summed E-state index contributed by atoms with van der Waals surface area (Å²) >= 11 is 0. The molecule has 0 radical (unpaired) electrons. The molecule has 0 heterocycles. The summed E-state index contributed by atoms with van der Waals surface area (Å²) in [7, 11) is 12.1. The predicted octanol–water partition coefficient (Wildman–Crippen LogP) is 21.9. The van der Waals surface area contributed by atoms with Crippen molar-refractivity contribution in [3.63, 3.8) is 0 Å². The first-order chi connectivity index (χ1) is 66.3. The molecule has 8 N–H and O–H groups in total. The van der Waals surface area contributed by atoms with E-state index in [0.29, 0.717) is 45.1 Å². The highest BCUT2D eigenvalue weighted by Crippen LogP contribution is 2.24. The van der Waals surface area contributed by atoms with Crippen molar-refractivity contribution in [1.82, 2.24) is 31.9 Å². The lowest BCUT2D eigenvalue weighted by Crippen LogP contribution is -3.00. The topological polar surface area (TPSA) is 348 Å². The van der Waals surface area contributed by atoms with Crippen molar-refractivity contribution in [1.29, 1.82) is 0 Å². The predicted molar refractivity (Wildman–Crippen MR) is 609 cm³/mol. The number of nitrogens with one attached hydrogen (secondary N) is 6. The maximum atomic E-state index is 11.8. The smallest absolute Gasteiger partial charge is 0.325 e. The highest BCUT2D eigenvalue weighted by molar-refractivity contribution is 7.85. The molecular formula is C107H232IN8O19SSi6+. The van der Waals surface area contributed by atoms with E-state index in [1.165, 1.54) is 274 Å². The van der Waals surface area contributed by atoms with Gasteiger partial charge in [-0.3, -0.25) is 42.9 Å². The van der Waals surface area contributed by atoms with Gasteiger partial charge in [0.2, 0.25) is 35.4 Å². The van der Waals surface area contributed by atoms with Crippen LogP contribution in [0.1, 0.15) is 380 Å². The van der Waals surface area contributed by atoms with Crippen molar-refractivity contribution in [2.24, 2.45) is 0 Å². The van der Waals surface area contributed by atoms with Gasteiger partial charge >= 0.3 is 11.9 Å². The van der Waals surface area contributed by atoms with Crippen molar-refractivity contribution < 1.29 is 121 Å². The number of carbonyl (C=O) groups excluding carboxylic acids is 7. The number of quaternary nitrogens is 2. The second-order valence-electron chi connectivity index (χ2n) is 44.9. The minimum Gasteiger partial charge on any atom is -1.00 e. The van der Waals surface area contributed by atoms with Gasteiger partial charge in [-0.05, 0) is 167 Å². The van der Waals surface area contributed by atoms with E-state index in [0.717, 1.165) is 132 Å². The van der Waals surface area contributed by atoms with E-state index in [1.807, 2.05) is 42.7 Å². The van der Waals surface area contributed by atoms with Crippen LogP contribution in [0.5, 0.6) is 0 Å². The Morgan fingerprint density at radius 2 is 0.437 bits per heavy atom. The molecule has 6 amide bonds. The number of carboxylic acid groups (broad SMARTS) is 1. The van der Waals surface area contributed by atoms with Crippen molar-refractivity contribution in [2.45, 2.75) is 495 Å². The lowest BCUT2D eigenvalue weighted by atomic mass is 10.1. The van der Waals surface area contributed by atoms with E-state index in [-0.39, 0.29) is 85.0 Å². The molecule has 0 aromatic rings. The summed E-state index contributed by atoms with van der Waals surface area (Å²) in [6.45, 7) is 35.9. The zero-order valence-electron chi connectivity index (χ0n) is 97.1. The Morgan fingerprint density at radius 3 is 0.613 bits per heavy atom. The van der Waals surface area contributed by atoms with Crippen LogP contribution in [0.15, 0.2) is 0 Å². The van der Waals surface area contributed by atoms with Gasteiger partial charge in [0.1, 0.15) is 13.1 Å². The van der Waals surface area contributed by atoms with Gasteiger partial charge in [-0.2, -0.15) is 8.42 Å². The Balaban J connectivity index is -0.000000308. The van der Waals surface area contributed by atoms with Crippen LogP contribution in [-0.4, -0.2) is 274 Å². The van der Waals surface area contributed by atoms with Crippen molar-refractivity contribution >= 4 is 107 Å². The molecule has 27 nitrogen and oxygen atoms in total. The van der Waals surface area contributed by atoms with E-state index in [2.05, 4.69) is 160 Å². The number of hydrogen-bond donors (Lipinski definition) is 8. The number of halogens is 1. The summed E-state index contributed by atoms with van der Waals surface area (Å²) < 4.78 is 69.6. The van der Waals surface area contributed by atoms with Gasteiger partial charge in [0.25, 0.3) is 10.1 Å². The number of amides is 6. The average Bonchev–Trinajstić information content (AvgIpc) is 0.961. The zero-order chi connectivity index (χ0) is 108. The number of carboxylic acids is 1. The Kier molecular flexibility index (Phi) is 108. The quantitative estimate of drug-likeness (QED) is 0.00700. The Labute approximate surface area is 897 Å². The van der Waals surface area contributed by atoms with Gasteiger partial charge < -0.3 is 101 Å². The first-order valence-electron chi connectivity index (χ1n) is 56.1. The molecule has 0 aliphatic carbocycles. The van der Waals surface area contributed by atoms with Crippen LogP contribution in [0.3, 0.4) is 0 Å². The molecular weight excluding hydrogens is 2030 g/mol. The van der Waals surface area contributed by atoms with Gasteiger partial charge in [-0.25, -0.2) is 0 Å². The molecule has 0 saturated heterocycles. The summed E-state index contributed by atoms with van der Waals surface area (Å²) in [5.74, 6) is -1.49. The maximum absolute atomic E-state index is 11.8. The molecule has 0 aromatic heterocycles. The molecule has 0 bridgehead atoms. The molecule has 0 aliphatic rings. The third-order valence-electron chi connectivity index (χ3n) is 26.0. The Hall–Kier alpha value is -2.62. The number of ether oxygens (including phenoxy) is 1. The molecule has 0 rings (SSSR count). The van der Waals surface area contributed by atoms with E-state index in [1.54, 1.807) is 6.92 Å². The third kappa shape index (κ3) is 132. The third-order valence-corrected chi connectivity index (χ3v) is 42.7. The minimum absolute atomic E-state index is 0. The minimum atomic E-state index is -3.99. The number of carbonyl (C=O) groups is 8. The number of hydrogen-bond acceptors (Lipinski definition) is 17. The summed E-state index contributed by atoms with van der Waals surface area (Å²) in [5, 5.41) is 24.9. The van der Waals surface area contributed by atoms with Gasteiger partial charge in [0, 0.05) is 120 Å². The number of esters is 1. The molecule has 0 fully saturated rings. The van der Waals surface area contributed by atoms with E-state index < -0.39 is 71.7 Å². The van der Waals surface area contributed by atoms with Crippen molar-refractivity contribution in [2.75, 3.05) is 150 Å². The second-order valence-corrected chi connectivity index (χ2v) is 73.1. The van der Waals surface area contributed by atoms with Gasteiger partial charge in [0.15, 0.2) is 49.9 Å². The number of rotatable bonds is 90. The summed E-state index contributed by atoms with van der Waals surface area (Å²) in [6, 6.07) is 7.59. The van der Waals surface area contributed by atoms with Crippen LogP contribution in [-0.2, 0) is 79.8 Å². The van der Waals surface area contributed by atoms with Crippen LogP contribution in [0.25, 0.3) is 0 Å². The molecule has 0 unspecified atom stereocenters. The SMILES string of the molecule is CCCNC(=O)CCCCCCCCCC[Si](C)(C)OC.CCOC(=O)CNC(=O)CCCCCCCCCC[Si](C)(C)OC.CO[Si](C)(C)CCCCCCCCCCC(=O)NCC(=O)O.CO[Si](C)(C)CCCCCCCCCCC(=O)NCCC[N+](C)(C)C.CO[Si](C)(C)CCCCCCCCCCC(=O)NCCC[N+](C)(C)C.CO[Si](C)(C)CCCCCCCCCCC(=O)NCCS(=O)(=O)O.[I-]. The van der Waals surface area contributed by atoms with Crippen LogP contribution < -0.4 is 55.9 Å². The maximum Gasteiger partial charge on any atom is 0.325 e. The zero-order valence-corrected chi connectivity index (χ0v) is 106. The fraction of sp³-hybridized carbons (Fsp3) is 0.925. The standard InChI is InChI=1S/2C20H44N2O2Si.C18H37NO4Si.C17H37NO2Si.C16H35NO5SSi.C16H33NO4Si.HI/c2*1-22(2,3)18-15-17-21-20(23)16-13-11-9-7-8-10-12-14-19-25(5,6)24-4;1-5-23-18(21)16-19-17(20)14-12-10-8-6-7-9-11-13-15-24(3,4)22-2;1-5-15-18-17(19)14-12-10-8-6-7-9-11-13-16-21(3,4)20-2;1-22-24(2,3)15-11-9-7-5-4-6-8-10-12-16(18)17-13-14-23(19,20)21;1-21-22(2,3)13-11-9-7-5-4-6-8-10-12-15(18)17-14-16(19)20;/h2*7-19H2,1-6H3;5-16H2,1-4H3,(H,19,20);5-16H2,1-4H3,(H,18,19);4-15H2,1-3H3,(H,17,18)(H,19,20,21);4-14H2,1-3H3,(H,17,18)(H,19,20);1H/p+1.